The second-order valence-electron chi connectivity index (χ2n) is 8.81. The SMILES string of the molecule is O=C(O)c1c(CC(=O)N2CCC(O)CC2)c2cc(F)ccc2n1Cc1cccc2ccccc12. The van der Waals surface area contributed by atoms with Crippen LogP contribution >= 0.6 is 0 Å². The third-order valence-electron chi connectivity index (χ3n) is 6.69. The standard InChI is InChI=1S/C27H25FN2O4/c28-19-8-9-24-22(14-19)23(15-25(32)29-12-10-20(31)11-13-29)26(27(33)34)30(24)16-18-6-3-5-17-4-1-2-7-21(17)18/h1-9,14,20,31H,10-13,15-16H2,(H,33,34). The van der Waals surface area contributed by atoms with Crippen molar-refractivity contribution < 1.29 is 24.2 Å². The lowest BCUT2D eigenvalue weighted by molar-refractivity contribution is -0.132. The van der Waals surface area contributed by atoms with E-state index in [1.807, 2.05) is 42.5 Å². The van der Waals surface area contributed by atoms with Gasteiger partial charge in [-0.05, 0) is 47.4 Å². The van der Waals surface area contributed by atoms with Crippen LogP contribution in [0.3, 0.4) is 0 Å². The zero-order chi connectivity index (χ0) is 23.8. The summed E-state index contributed by atoms with van der Waals surface area (Å²) in [6.07, 6.45) is 0.430. The molecule has 6 nitrogen and oxygen atoms in total. The van der Waals surface area contributed by atoms with E-state index in [0.717, 1.165) is 16.3 Å². The van der Waals surface area contributed by atoms with Crippen LogP contribution in [0.5, 0.6) is 0 Å². The van der Waals surface area contributed by atoms with E-state index in [2.05, 4.69) is 0 Å². The third kappa shape index (κ3) is 4.03. The molecule has 0 bridgehead atoms. The van der Waals surface area contributed by atoms with Gasteiger partial charge in [-0.1, -0.05) is 42.5 Å². The molecule has 2 heterocycles. The Hall–Kier alpha value is -3.71. The highest BCUT2D eigenvalue weighted by molar-refractivity contribution is 6.01. The Morgan fingerprint density at radius 2 is 1.71 bits per heavy atom. The molecule has 1 saturated heterocycles. The van der Waals surface area contributed by atoms with Crippen LogP contribution in [-0.4, -0.2) is 50.8 Å². The molecule has 0 unspecified atom stereocenters. The molecular formula is C27H25FN2O4. The molecule has 1 aliphatic heterocycles. The Balaban J connectivity index is 1.61. The van der Waals surface area contributed by atoms with Gasteiger partial charge in [0.1, 0.15) is 11.5 Å². The van der Waals surface area contributed by atoms with Crippen LogP contribution in [-0.2, 0) is 17.8 Å². The Bertz CT molecular complexity index is 1400. The summed E-state index contributed by atoms with van der Waals surface area (Å²) in [6.45, 7) is 1.12. The van der Waals surface area contributed by atoms with Crippen molar-refractivity contribution in [1.29, 1.82) is 0 Å². The third-order valence-corrected chi connectivity index (χ3v) is 6.69. The molecule has 1 amide bonds. The number of carbonyl (C=O) groups is 2. The number of aromatic carboxylic acids is 1. The number of aliphatic hydroxyl groups is 1. The Morgan fingerprint density at radius 3 is 2.47 bits per heavy atom. The van der Waals surface area contributed by atoms with Gasteiger partial charge < -0.3 is 19.7 Å². The Kier molecular flexibility index (Phi) is 5.79. The van der Waals surface area contributed by atoms with E-state index in [-0.39, 0.29) is 24.6 Å². The number of carboxylic acids is 1. The fourth-order valence-corrected chi connectivity index (χ4v) is 4.96. The zero-order valence-electron chi connectivity index (χ0n) is 18.6. The van der Waals surface area contributed by atoms with Crippen LogP contribution in [0.2, 0.25) is 0 Å². The molecule has 34 heavy (non-hydrogen) atoms. The lowest BCUT2D eigenvalue weighted by Crippen LogP contribution is -2.41. The number of rotatable bonds is 5. The van der Waals surface area contributed by atoms with Crippen molar-refractivity contribution in [2.75, 3.05) is 13.1 Å². The van der Waals surface area contributed by atoms with Gasteiger partial charge in [-0.3, -0.25) is 4.79 Å². The van der Waals surface area contributed by atoms with E-state index < -0.39 is 17.9 Å². The average Bonchev–Trinajstić information content (AvgIpc) is 3.12. The smallest absolute Gasteiger partial charge is 0.352 e. The summed E-state index contributed by atoms with van der Waals surface area (Å²) < 4.78 is 15.9. The molecule has 7 heteroatoms. The lowest BCUT2D eigenvalue weighted by Gasteiger charge is -2.29. The highest BCUT2D eigenvalue weighted by Crippen LogP contribution is 2.31. The van der Waals surface area contributed by atoms with E-state index in [4.69, 9.17) is 0 Å². The Labute approximate surface area is 195 Å². The van der Waals surface area contributed by atoms with Crippen molar-refractivity contribution in [3.05, 3.63) is 83.3 Å². The average molecular weight is 461 g/mol. The Morgan fingerprint density at radius 1 is 0.971 bits per heavy atom. The number of piperidine rings is 1. The van der Waals surface area contributed by atoms with Crippen molar-refractivity contribution in [3.8, 4) is 0 Å². The summed E-state index contributed by atoms with van der Waals surface area (Å²) in [7, 11) is 0. The molecule has 5 rings (SSSR count). The van der Waals surface area contributed by atoms with Gasteiger partial charge in [0.2, 0.25) is 5.91 Å². The maximum Gasteiger partial charge on any atom is 0.352 e. The molecule has 3 aromatic carbocycles. The van der Waals surface area contributed by atoms with Crippen molar-refractivity contribution >= 4 is 33.6 Å². The number of hydrogen-bond acceptors (Lipinski definition) is 3. The van der Waals surface area contributed by atoms with Crippen molar-refractivity contribution in [3.63, 3.8) is 0 Å². The molecule has 4 aromatic rings. The molecule has 2 N–H and O–H groups in total. The predicted octanol–water partition coefficient (Wildman–Crippen LogP) is 4.21. The van der Waals surface area contributed by atoms with Gasteiger partial charge in [0.15, 0.2) is 0 Å². The van der Waals surface area contributed by atoms with E-state index in [0.29, 0.717) is 42.4 Å². The largest absolute Gasteiger partial charge is 0.477 e. The van der Waals surface area contributed by atoms with Crippen LogP contribution < -0.4 is 0 Å². The maximum atomic E-state index is 14.2. The molecule has 0 aliphatic carbocycles. The van der Waals surface area contributed by atoms with Crippen LogP contribution in [0.25, 0.3) is 21.7 Å². The molecule has 0 saturated carbocycles. The summed E-state index contributed by atoms with van der Waals surface area (Å²) in [5, 5.41) is 22.4. The monoisotopic (exact) mass is 460 g/mol. The van der Waals surface area contributed by atoms with E-state index in [1.165, 1.54) is 12.1 Å². The minimum Gasteiger partial charge on any atom is -0.477 e. The quantitative estimate of drug-likeness (QED) is 0.468. The summed E-state index contributed by atoms with van der Waals surface area (Å²) >= 11 is 0. The number of hydrogen-bond donors (Lipinski definition) is 2. The van der Waals surface area contributed by atoms with Gasteiger partial charge in [-0.25, -0.2) is 9.18 Å². The number of halogens is 1. The second-order valence-corrected chi connectivity index (χ2v) is 8.81. The number of likely N-dealkylation sites (tertiary alicyclic amines) is 1. The van der Waals surface area contributed by atoms with Crippen LogP contribution in [0.4, 0.5) is 4.39 Å². The van der Waals surface area contributed by atoms with E-state index in [1.54, 1.807) is 15.5 Å². The maximum absolute atomic E-state index is 14.2. The summed E-state index contributed by atoms with van der Waals surface area (Å²) in [5.41, 5.74) is 1.82. The molecule has 0 spiro atoms. The number of nitrogens with zero attached hydrogens (tertiary/aromatic N) is 2. The van der Waals surface area contributed by atoms with Gasteiger partial charge in [-0.15, -0.1) is 0 Å². The number of fused-ring (bicyclic) bond motifs is 2. The van der Waals surface area contributed by atoms with Gasteiger partial charge in [0.05, 0.1) is 12.5 Å². The van der Waals surface area contributed by atoms with E-state index >= 15 is 0 Å². The van der Waals surface area contributed by atoms with Gasteiger partial charge in [-0.2, -0.15) is 0 Å². The fraction of sp³-hybridized carbons (Fsp3) is 0.259. The first kappa shape index (κ1) is 22.1. The van der Waals surface area contributed by atoms with Gasteiger partial charge in [0, 0.05) is 36.1 Å². The predicted molar refractivity (Wildman–Crippen MR) is 127 cm³/mol. The lowest BCUT2D eigenvalue weighted by atomic mass is 10.0. The van der Waals surface area contributed by atoms with Gasteiger partial charge >= 0.3 is 5.97 Å². The van der Waals surface area contributed by atoms with Crippen molar-refractivity contribution in [2.24, 2.45) is 0 Å². The van der Waals surface area contributed by atoms with Crippen LogP contribution in [0.1, 0.15) is 34.5 Å². The number of aliphatic hydroxyl groups excluding tert-OH is 1. The highest BCUT2D eigenvalue weighted by atomic mass is 19.1. The first-order valence-electron chi connectivity index (χ1n) is 11.4. The molecule has 0 radical (unpaired) electrons. The first-order valence-corrected chi connectivity index (χ1v) is 11.4. The van der Waals surface area contributed by atoms with E-state index in [9.17, 15) is 24.2 Å². The fourth-order valence-electron chi connectivity index (χ4n) is 4.96. The molecule has 0 atom stereocenters. The molecule has 1 fully saturated rings. The van der Waals surface area contributed by atoms with Gasteiger partial charge in [0.25, 0.3) is 0 Å². The second kappa shape index (κ2) is 8.91. The number of carbonyl (C=O) groups excluding carboxylic acids is 1. The zero-order valence-corrected chi connectivity index (χ0v) is 18.6. The number of benzene rings is 3. The molecule has 1 aliphatic rings. The molecule has 1 aromatic heterocycles. The van der Waals surface area contributed by atoms with Crippen LogP contribution in [0, 0.1) is 5.82 Å². The minimum atomic E-state index is -1.16. The molecule has 174 valence electrons. The normalized spacial score (nSPS) is 14.7. The highest BCUT2D eigenvalue weighted by Gasteiger charge is 2.28. The number of carboxylic acid groups (broad SMARTS) is 1. The summed E-state index contributed by atoms with van der Waals surface area (Å²) in [5.74, 6) is -1.86. The molecular weight excluding hydrogens is 435 g/mol. The topological polar surface area (TPSA) is 82.8 Å². The number of aromatic nitrogens is 1. The summed E-state index contributed by atoms with van der Waals surface area (Å²) in [6, 6.07) is 18.0. The first-order chi connectivity index (χ1) is 16.4. The van der Waals surface area contributed by atoms with Crippen LogP contribution in [0.15, 0.2) is 60.7 Å². The summed E-state index contributed by atoms with van der Waals surface area (Å²) in [4.78, 5) is 27.2. The van der Waals surface area contributed by atoms with Crippen molar-refractivity contribution in [2.45, 2.75) is 31.9 Å². The number of amides is 1. The van der Waals surface area contributed by atoms with Crippen molar-refractivity contribution in [1.82, 2.24) is 9.47 Å². The minimum absolute atomic E-state index is 0.000992.